The number of halogens is 3. The van der Waals surface area contributed by atoms with Crippen molar-refractivity contribution in [2.24, 2.45) is 10.9 Å². The Balaban J connectivity index is 1.61. The average molecular weight is 572 g/mol. The van der Waals surface area contributed by atoms with Gasteiger partial charge in [0.1, 0.15) is 11.4 Å². The molecule has 0 bridgehead atoms. The van der Waals surface area contributed by atoms with Gasteiger partial charge in [-0.3, -0.25) is 19.4 Å². The van der Waals surface area contributed by atoms with Gasteiger partial charge in [-0.15, -0.1) is 0 Å². The minimum Gasteiger partial charge on any atom is -0.469 e. The van der Waals surface area contributed by atoms with Gasteiger partial charge in [0.2, 0.25) is 0 Å². The zero-order valence-corrected chi connectivity index (χ0v) is 23.6. The highest BCUT2D eigenvalue weighted by Gasteiger charge is 2.51. The Bertz CT molecular complexity index is 1280. The Morgan fingerprint density at radius 2 is 1.71 bits per heavy atom. The lowest BCUT2D eigenvalue weighted by molar-refractivity contribution is -0.140. The monoisotopic (exact) mass is 571 g/mol. The van der Waals surface area contributed by atoms with E-state index in [1.165, 1.54) is 19.2 Å². The number of rotatable bonds is 9. The summed E-state index contributed by atoms with van der Waals surface area (Å²) < 4.78 is 44.1. The zero-order valence-electron chi connectivity index (χ0n) is 23.6. The van der Waals surface area contributed by atoms with Gasteiger partial charge in [0, 0.05) is 17.7 Å². The summed E-state index contributed by atoms with van der Waals surface area (Å²) in [5.74, 6) is -0.495. The van der Waals surface area contributed by atoms with Crippen molar-refractivity contribution in [1.82, 2.24) is 10.2 Å². The van der Waals surface area contributed by atoms with Crippen molar-refractivity contribution in [3.63, 3.8) is 0 Å². The lowest BCUT2D eigenvalue weighted by Crippen LogP contribution is -2.50. The van der Waals surface area contributed by atoms with Crippen molar-refractivity contribution in [3.8, 4) is 0 Å². The lowest BCUT2D eigenvalue weighted by Gasteiger charge is -2.45. The van der Waals surface area contributed by atoms with E-state index >= 15 is 0 Å². The quantitative estimate of drug-likeness (QED) is 0.370. The number of nitrogens with zero attached hydrogens (tertiary/aromatic N) is 2. The van der Waals surface area contributed by atoms with Crippen LogP contribution in [0.4, 0.5) is 13.2 Å². The third-order valence-corrected chi connectivity index (χ3v) is 8.26. The Morgan fingerprint density at radius 3 is 2.24 bits per heavy atom. The molecule has 1 aliphatic carbocycles. The highest BCUT2D eigenvalue weighted by molar-refractivity contribution is 6.46. The molecule has 220 valence electrons. The van der Waals surface area contributed by atoms with E-state index in [0.717, 1.165) is 37.0 Å². The SMILES string of the molecule is CCC1CCC2(CC1)N=C(c1ccc(C(F)(F)F)cc1)C(=O)N2[C@H](CC)c1ccc(C(=O)NCCC(=O)OC)cc1. The first-order chi connectivity index (χ1) is 19.5. The Hall–Kier alpha value is -3.69. The summed E-state index contributed by atoms with van der Waals surface area (Å²) in [6, 6.07) is 11.3. The molecule has 0 aromatic heterocycles. The zero-order chi connectivity index (χ0) is 29.8. The molecule has 0 saturated heterocycles. The highest BCUT2D eigenvalue weighted by Crippen LogP contribution is 2.47. The van der Waals surface area contributed by atoms with Crippen LogP contribution in [0, 0.1) is 5.92 Å². The van der Waals surface area contributed by atoms with Crippen molar-refractivity contribution >= 4 is 23.5 Å². The van der Waals surface area contributed by atoms with Crippen LogP contribution in [0.5, 0.6) is 0 Å². The molecule has 1 atom stereocenters. The second-order valence-corrected chi connectivity index (χ2v) is 10.7. The third-order valence-electron chi connectivity index (χ3n) is 8.26. The second-order valence-electron chi connectivity index (χ2n) is 10.7. The maximum absolute atomic E-state index is 14.0. The van der Waals surface area contributed by atoms with Crippen LogP contribution in [-0.2, 0) is 20.5 Å². The fourth-order valence-corrected chi connectivity index (χ4v) is 5.86. The molecule has 1 N–H and O–H groups in total. The summed E-state index contributed by atoms with van der Waals surface area (Å²) in [5, 5.41) is 2.69. The molecule has 2 amide bonds. The number of hydrogen-bond acceptors (Lipinski definition) is 5. The van der Waals surface area contributed by atoms with Crippen molar-refractivity contribution in [3.05, 3.63) is 70.8 Å². The van der Waals surface area contributed by atoms with Gasteiger partial charge in [0.05, 0.1) is 25.1 Å². The first-order valence-corrected chi connectivity index (χ1v) is 14.1. The maximum Gasteiger partial charge on any atom is 0.416 e. The molecular formula is C31H36F3N3O4. The van der Waals surface area contributed by atoms with Gasteiger partial charge in [-0.25, -0.2) is 0 Å². The summed E-state index contributed by atoms with van der Waals surface area (Å²) in [6.45, 7) is 4.28. The van der Waals surface area contributed by atoms with E-state index < -0.39 is 23.4 Å². The molecular weight excluding hydrogens is 535 g/mol. The summed E-state index contributed by atoms with van der Waals surface area (Å²) in [5.41, 5.74) is 0.271. The predicted molar refractivity (Wildman–Crippen MR) is 148 cm³/mol. The smallest absolute Gasteiger partial charge is 0.416 e. The van der Waals surface area contributed by atoms with Crippen LogP contribution in [0.15, 0.2) is 53.5 Å². The summed E-state index contributed by atoms with van der Waals surface area (Å²) in [4.78, 5) is 44.7. The van der Waals surface area contributed by atoms with Crippen LogP contribution in [0.3, 0.4) is 0 Å². The Kier molecular flexibility index (Phi) is 9.19. The standard InChI is InChI=1S/C31H36F3N3O4/c1-4-20-14-17-30(18-15-20)36-27(22-10-12-24(13-11-22)31(32,33)34)29(40)37(30)25(5-2)21-6-8-23(9-7-21)28(39)35-19-16-26(38)41-3/h6-13,20,25H,4-5,14-19H2,1-3H3,(H,35,39)/t20?,25-,30?/m1/s1. The van der Waals surface area contributed by atoms with Crippen LogP contribution in [0.25, 0.3) is 0 Å². The van der Waals surface area contributed by atoms with Gasteiger partial charge < -0.3 is 15.0 Å². The molecule has 0 unspecified atom stereocenters. The molecule has 7 nitrogen and oxygen atoms in total. The molecule has 0 radical (unpaired) electrons. The van der Waals surface area contributed by atoms with Crippen molar-refractivity contribution in [1.29, 1.82) is 0 Å². The van der Waals surface area contributed by atoms with Gasteiger partial charge >= 0.3 is 12.1 Å². The number of methoxy groups -OCH3 is 1. The first-order valence-electron chi connectivity index (χ1n) is 14.1. The van der Waals surface area contributed by atoms with E-state index in [-0.39, 0.29) is 36.5 Å². The summed E-state index contributed by atoms with van der Waals surface area (Å²) in [6.07, 6.45) is 0.402. The largest absolute Gasteiger partial charge is 0.469 e. The number of nitrogens with one attached hydrogen (secondary N) is 1. The molecule has 4 rings (SSSR count). The van der Waals surface area contributed by atoms with Crippen LogP contribution >= 0.6 is 0 Å². The first kappa shape index (κ1) is 30.3. The number of ether oxygens (including phenoxy) is 1. The fraction of sp³-hybridized carbons (Fsp3) is 0.484. The molecule has 1 saturated carbocycles. The van der Waals surface area contributed by atoms with Gasteiger partial charge in [0.15, 0.2) is 0 Å². The van der Waals surface area contributed by atoms with Crippen molar-refractivity contribution < 1.29 is 32.3 Å². The minimum absolute atomic E-state index is 0.0670. The van der Waals surface area contributed by atoms with E-state index in [1.807, 2.05) is 24.0 Å². The minimum atomic E-state index is -4.47. The maximum atomic E-state index is 14.0. The number of aliphatic imine (C=N–C) groups is 1. The van der Waals surface area contributed by atoms with E-state index in [2.05, 4.69) is 17.0 Å². The van der Waals surface area contributed by atoms with Gasteiger partial charge in [-0.1, -0.05) is 44.5 Å². The normalized spacial score (nSPS) is 21.5. The molecule has 1 heterocycles. The predicted octanol–water partition coefficient (Wildman–Crippen LogP) is 6.08. The van der Waals surface area contributed by atoms with Crippen LogP contribution in [0.1, 0.15) is 91.9 Å². The molecule has 2 aromatic carbocycles. The van der Waals surface area contributed by atoms with Crippen LogP contribution < -0.4 is 5.32 Å². The Labute approximate surface area is 238 Å². The molecule has 1 fully saturated rings. The second kappa shape index (κ2) is 12.4. The fourth-order valence-electron chi connectivity index (χ4n) is 5.86. The van der Waals surface area contributed by atoms with Crippen molar-refractivity contribution in [2.75, 3.05) is 13.7 Å². The van der Waals surface area contributed by atoms with E-state index in [9.17, 15) is 27.6 Å². The van der Waals surface area contributed by atoms with E-state index in [1.54, 1.807) is 12.1 Å². The number of alkyl halides is 3. The highest BCUT2D eigenvalue weighted by atomic mass is 19.4. The number of esters is 1. The van der Waals surface area contributed by atoms with Crippen LogP contribution in [0.2, 0.25) is 0 Å². The number of hydrogen-bond donors (Lipinski definition) is 1. The van der Waals surface area contributed by atoms with Crippen LogP contribution in [-0.4, -0.2) is 47.7 Å². The number of benzene rings is 2. The van der Waals surface area contributed by atoms with Crippen molar-refractivity contribution in [2.45, 2.75) is 76.7 Å². The summed E-state index contributed by atoms with van der Waals surface area (Å²) in [7, 11) is 1.29. The topological polar surface area (TPSA) is 88.1 Å². The molecule has 1 spiro atoms. The average Bonchev–Trinajstić information content (AvgIpc) is 3.24. The number of amides is 2. The van der Waals surface area contributed by atoms with E-state index in [0.29, 0.717) is 36.3 Å². The van der Waals surface area contributed by atoms with Gasteiger partial charge in [-0.05, 0) is 67.9 Å². The molecule has 10 heteroatoms. The Morgan fingerprint density at radius 1 is 1.07 bits per heavy atom. The lowest BCUT2D eigenvalue weighted by atomic mass is 9.79. The molecule has 2 aromatic rings. The molecule has 1 aliphatic heterocycles. The van der Waals surface area contributed by atoms with Gasteiger partial charge in [-0.2, -0.15) is 13.2 Å². The number of carbonyl (C=O) groups excluding carboxylic acids is 3. The number of carbonyl (C=O) groups is 3. The summed E-state index contributed by atoms with van der Waals surface area (Å²) >= 11 is 0. The molecule has 2 aliphatic rings. The molecule has 41 heavy (non-hydrogen) atoms. The van der Waals surface area contributed by atoms with Gasteiger partial charge in [0.25, 0.3) is 11.8 Å². The van der Waals surface area contributed by atoms with E-state index in [4.69, 9.17) is 4.99 Å². The third kappa shape index (κ3) is 6.47.